The third kappa shape index (κ3) is 2.20. The third-order valence-corrected chi connectivity index (χ3v) is 3.77. The fraction of sp³-hybridized carbons (Fsp3) is 0.0588. The van der Waals surface area contributed by atoms with Gasteiger partial charge >= 0.3 is 0 Å². The van der Waals surface area contributed by atoms with Crippen molar-refractivity contribution in [3.05, 3.63) is 54.5 Å². The predicted molar refractivity (Wildman–Crippen MR) is 88.0 cm³/mol. The molecule has 2 N–H and O–H groups in total. The van der Waals surface area contributed by atoms with Gasteiger partial charge in [0.15, 0.2) is 0 Å². The van der Waals surface area contributed by atoms with Gasteiger partial charge in [-0.1, -0.05) is 0 Å². The molecule has 0 unspecified atom stereocenters. The van der Waals surface area contributed by atoms with Gasteiger partial charge in [0, 0.05) is 36.4 Å². The third-order valence-electron chi connectivity index (χ3n) is 3.77. The first kappa shape index (κ1) is 13.4. The van der Waals surface area contributed by atoms with E-state index in [1.54, 1.807) is 31.6 Å². The summed E-state index contributed by atoms with van der Waals surface area (Å²) in [7, 11) is 1.59. The maximum atomic E-state index is 11.6. The van der Waals surface area contributed by atoms with Gasteiger partial charge in [0.2, 0.25) is 0 Å². The summed E-state index contributed by atoms with van der Waals surface area (Å²) in [4.78, 5) is 28.0. The molecule has 4 aromatic rings. The van der Waals surface area contributed by atoms with Crippen LogP contribution in [0.15, 0.2) is 48.9 Å². The van der Waals surface area contributed by atoms with E-state index >= 15 is 0 Å². The molecule has 4 aromatic heterocycles. The summed E-state index contributed by atoms with van der Waals surface area (Å²) in [5, 5.41) is 4.65. The number of carbonyl (C=O) groups excluding carboxylic acids is 1. The highest BCUT2D eigenvalue weighted by Gasteiger charge is 2.09. The molecule has 0 atom stereocenters. The van der Waals surface area contributed by atoms with E-state index in [2.05, 4.69) is 25.3 Å². The van der Waals surface area contributed by atoms with Gasteiger partial charge in [-0.2, -0.15) is 0 Å². The van der Waals surface area contributed by atoms with Crippen molar-refractivity contribution in [2.45, 2.75) is 0 Å². The minimum absolute atomic E-state index is 0.157. The first-order chi connectivity index (χ1) is 11.3. The van der Waals surface area contributed by atoms with Crippen LogP contribution >= 0.6 is 0 Å². The maximum Gasteiger partial charge on any atom is 0.252 e. The molecule has 112 valence electrons. The second-order valence-corrected chi connectivity index (χ2v) is 5.15. The number of nitrogens with zero attached hydrogens (tertiary/aromatic N) is 3. The smallest absolute Gasteiger partial charge is 0.252 e. The molecule has 0 aromatic carbocycles. The lowest BCUT2D eigenvalue weighted by molar-refractivity contribution is 0.0963. The van der Waals surface area contributed by atoms with Crippen LogP contribution in [0.4, 0.5) is 0 Å². The van der Waals surface area contributed by atoms with Crippen LogP contribution in [0.1, 0.15) is 10.4 Å². The summed E-state index contributed by atoms with van der Waals surface area (Å²) in [6.07, 6.45) is 5.12. The van der Waals surface area contributed by atoms with Crippen molar-refractivity contribution in [3.63, 3.8) is 0 Å². The number of hydrogen-bond donors (Lipinski definition) is 2. The van der Waals surface area contributed by atoms with E-state index in [1.807, 2.05) is 24.4 Å². The normalized spacial score (nSPS) is 11.0. The summed E-state index contributed by atoms with van der Waals surface area (Å²) in [5.74, 6) is -0.157. The number of fused-ring (bicyclic) bond motifs is 3. The first-order valence-corrected chi connectivity index (χ1v) is 7.17. The molecular formula is C17H13N5O. The minimum atomic E-state index is -0.157. The standard InChI is InChI=1S/C17H13N5O/c1-18-17(23)10-2-4-14(20-8-10)15-5-3-11-12-9-19-7-6-13(12)21-16(11)22-15/h2-9H,1H3,(H,18,23)(H,21,22). The summed E-state index contributed by atoms with van der Waals surface area (Å²) >= 11 is 0. The maximum absolute atomic E-state index is 11.6. The van der Waals surface area contributed by atoms with Gasteiger partial charge < -0.3 is 10.3 Å². The Morgan fingerprint density at radius 1 is 1.04 bits per heavy atom. The van der Waals surface area contributed by atoms with Crippen LogP contribution in [0.25, 0.3) is 33.3 Å². The molecule has 6 nitrogen and oxygen atoms in total. The van der Waals surface area contributed by atoms with Gasteiger partial charge in [0.1, 0.15) is 5.65 Å². The molecule has 0 saturated carbocycles. The highest BCUT2D eigenvalue weighted by Crippen LogP contribution is 2.25. The molecule has 0 aliphatic heterocycles. The molecule has 0 aliphatic carbocycles. The number of aromatic amines is 1. The zero-order valence-corrected chi connectivity index (χ0v) is 12.4. The van der Waals surface area contributed by atoms with Gasteiger partial charge in [0.25, 0.3) is 5.91 Å². The first-order valence-electron chi connectivity index (χ1n) is 7.17. The lowest BCUT2D eigenvalue weighted by Crippen LogP contribution is -2.17. The van der Waals surface area contributed by atoms with Crippen LogP contribution in [-0.2, 0) is 0 Å². The van der Waals surface area contributed by atoms with Crippen molar-refractivity contribution in [3.8, 4) is 11.4 Å². The SMILES string of the molecule is CNC(=O)c1ccc(-c2ccc3c(n2)[nH]c2ccncc23)nc1. The second-order valence-electron chi connectivity index (χ2n) is 5.15. The average Bonchev–Trinajstić information content (AvgIpc) is 2.99. The monoisotopic (exact) mass is 303 g/mol. The summed E-state index contributed by atoms with van der Waals surface area (Å²) in [5.41, 5.74) is 3.79. The summed E-state index contributed by atoms with van der Waals surface area (Å²) in [6, 6.07) is 9.38. The average molecular weight is 303 g/mol. The summed E-state index contributed by atoms with van der Waals surface area (Å²) in [6.45, 7) is 0. The Bertz CT molecular complexity index is 1020. The number of hydrogen-bond acceptors (Lipinski definition) is 4. The molecule has 0 fully saturated rings. The van der Waals surface area contributed by atoms with Gasteiger partial charge in [0.05, 0.1) is 22.5 Å². The van der Waals surface area contributed by atoms with Crippen LogP contribution in [0.5, 0.6) is 0 Å². The Morgan fingerprint density at radius 3 is 2.70 bits per heavy atom. The molecule has 23 heavy (non-hydrogen) atoms. The van der Waals surface area contributed by atoms with Gasteiger partial charge in [-0.05, 0) is 30.3 Å². The number of H-pyrrole nitrogens is 1. The number of rotatable bonds is 2. The molecular weight excluding hydrogens is 290 g/mol. The molecule has 1 amide bonds. The quantitative estimate of drug-likeness (QED) is 0.596. The van der Waals surface area contributed by atoms with E-state index in [0.29, 0.717) is 5.56 Å². The van der Waals surface area contributed by atoms with Crippen molar-refractivity contribution in [1.82, 2.24) is 25.3 Å². The zero-order chi connectivity index (χ0) is 15.8. The minimum Gasteiger partial charge on any atom is -0.355 e. The van der Waals surface area contributed by atoms with Crippen LogP contribution in [0.2, 0.25) is 0 Å². The van der Waals surface area contributed by atoms with E-state index in [9.17, 15) is 4.79 Å². The fourth-order valence-corrected chi connectivity index (χ4v) is 2.58. The van der Waals surface area contributed by atoms with Crippen LogP contribution < -0.4 is 5.32 Å². The Morgan fingerprint density at radius 2 is 1.91 bits per heavy atom. The number of pyridine rings is 3. The van der Waals surface area contributed by atoms with Crippen LogP contribution in [0.3, 0.4) is 0 Å². The van der Waals surface area contributed by atoms with E-state index in [-0.39, 0.29) is 5.91 Å². The largest absolute Gasteiger partial charge is 0.355 e. The summed E-state index contributed by atoms with van der Waals surface area (Å²) < 4.78 is 0. The second kappa shape index (κ2) is 5.17. The Labute approximate surface area is 131 Å². The van der Waals surface area contributed by atoms with E-state index in [1.165, 1.54) is 0 Å². The van der Waals surface area contributed by atoms with Crippen molar-refractivity contribution in [1.29, 1.82) is 0 Å². The van der Waals surface area contributed by atoms with E-state index < -0.39 is 0 Å². The number of carbonyl (C=O) groups is 1. The number of nitrogens with one attached hydrogen (secondary N) is 2. The van der Waals surface area contributed by atoms with Crippen molar-refractivity contribution in [2.24, 2.45) is 0 Å². The molecule has 0 bridgehead atoms. The fourth-order valence-electron chi connectivity index (χ4n) is 2.58. The molecule has 0 radical (unpaired) electrons. The highest BCUT2D eigenvalue weighted by molar-refractivity contribution is 6.05. The van der Waals surface area contributed by atoms with Crippen molar-refractivity contribution in [2.75, 3.05) is 7.05 Å². The van der Waals surface area contributed by atoms with Crippen LogP contribution in [-0.4, -0.2) is 32.9 Å². The van der Waals surface area contributed by atoms with Gasteiger partial charge in [-0.25, -0.2) is 4.98 Å². The molecule has 0 spiro atoms. The molecule has 0 saturated heterocycles. The van der Waals surface area contributed by atoms with Crippen molar-refractivity contribution < 1.29 is 4.79 Å². The number of aromatic nitrogens is 4. The van der Waals surface area contributed by atoms with Gasteiger partial charge in [-0.3, -0.25) is 14.8 Å². The zero-order valence-electron chi connectivity index (χ0n) is 12.4. The topological polar surface area (TPSA) is 83.6 Å². The highest BCUT2D eigenvalue weighted by atomic mass is 16.1. The lowest BCUT2D eigenvalue weighted by atomic mass is 10.2. The number of amides is 1. The van der Waals surface area contributed by atoms with Crippen molar-refractivity contribution >= 4 is 27.8 Å². The Hall–Kier alpha value is -3.28. The Balaban J connectivity index is 1.79. The molecule has 0 aliphatic rings. The molecule has 6 heteroatoms. The predicted octanol–water partition coefficient (Wildman–Crippen LogP) is 2.53. The van der Waals surface area contributed by atoms with Crippen LogP contribution in [0, 0.1) is 0 Å². The van der Waals surface area contributed by atoms with Gasteiger partial charge in [-0.15, -0.1) is 0 Å². The lowest BCUT2D eigenvalue weighted by Gasteiger charge is -2.02. The molecule has 4 heterocycles. The van der Waals surface area contributed by atoms with E-state index in [0.717, 1.165) is 33.3 Å². The van der Waals surface area contributed by atoms with E-state index in [4.69, 9.17) is 0 Å². The Kier molecular flexibility index (Phi) is 3.01. The molecule has 4 rings (SSSR count).